The molecule has 1 aliphatic carbocycles. The van der Waals surface area contributed by atoms with Crippen LogP contribution in [0.3, 0.4) is 0 Å². The highest BCUT2D eigenvalue weighted by atomic mass is 16.6. The monoisotopic (exact) mass is 365 g/mol. The number of carbonyl (C=O) groups is 1. The van der Waals surface area contributed by atoms with Crippen LogP contribution in [0, 0.1) is 0 Å². The summed E-state index contributed by atoms with van der Waals surface area (Å²) < 4.78 is 11.6. The summed E-state index contributed by atoms with van der Waals surface area (Å²) in [7, 11) is 0. The van der Waals surface area contributed by atoms with Crippen LogP contribution in [0.5, 0.6) is 0 Å². The van der Waals surface area contributed by atoms with Gasteiger partial charge in [0.05, 0.1) is 12.0 Å². The summed E-state index contributed by atoms with van der Waals surface area (Å²) >= 11 is 0. The van der Waals surface area contributed by atoms with Crippen molar-refractivity contribution in [3.8, 4) is 0 Å². The molecule has 2 aliphatic rings. The van der Waals surface area contributed by atoms with Gasteiger partial charge >= 0.3 is 5.97 Å². The SMILES string of the molecule is O=C(OCC1CN(Cc2ccccc2)CCO1)C1(c2ccccc2)CCC1. The van der Waals surface area contributed by atoms with Crippen LogP contribution >= 0.6 is 0 Å². The Bertz CT molecular complexity index is 743. The molecule has 2 aromatic carbocycles. The zero-order valence-electron chi connectivity index (χ0n) is 15.7. The van der Waals surface area contributed by atoms with Gasteiger partial charge < -0.3 is 9.47 Å². The first-order valence-corrected chi connectivity index (χ1v) is 9.87. The Morgan fingerprint density at radius 1 is 1.07 bits per heavy atom. The molecule has 27 heavy (non-hydrogen) atoms. The molecular formula is C23H27NO3. The Morgan fingerprint density at radius 3 is 2.44 bits per heavy atom. The maximum absolute atomic E-state index is 12.9. The highest BCUT2D eigenvalue weighted by Gasteiger charge is 2.47. The van der Waals surface area contributed by atoms with Gasteiger partial charge in [-0.15, -0.1) is 0 Å². The topological polar surface area (TPSA) is 38.8 Å². The number of rotatable bonds is 6. The molecule has 0 bridgehead atoms. The highest BCUT2D eigenvalue weighted by molar-refractivity contribution is 5.84. The molecule has 1 atom stereocenters. The Labute approximate surface area is 161 Å². The minimum Gasteiger partial charge on any atom is -0.462 e. The van der Waals surface area contributed by atoms with Crippen molar-refractivity contribution in [3.05, 3.63) is 71.8 Å². The van der Waals surface area contributed by atoms with E-state index < -0.39 is 5.41 Å². The van der Waals surface area contributed by atoms with Crippen molar-refractivity contribution in [2.24, 2.45) is 0 Å². The number of esters is 1. The lowest BCUT2D eigenvalue weighted by atomic mass is 9.64. The lowest BCUT2D eigenvalue weighted by Crippen LogP contribution is -2.47. The zero-order valence-corrected chi connectivity index (χ0v) is 15.7. The van der Waals surface area contributed by atoms with Crippen molar-refractivity contribution in [2.75, 3.05) is 26.3 Å². The van der Waals surface area contributed by atoms with Crippen molar-refractivity contribution < 1.29 is 14.3 Å². The fourth-order valence-corrected chi connectivity index (χ4v) is 4.07. The second-order valence-electron chi connectivity index (χ2n) is 7.61. The molecule has 4 rings (SSSR count). The fraction of sp³-hybridized carbons (Fsp3) is 0.435. The first-order valence-electron chi connectivity index (χ1n) is 9.87. The normalized spacial score (nSPS) is 22.0. The average Bonchev–Trinajstić information content (AvgIpc) is 2.68. The van der Waals surface area contributed by atoms with Crippen molar-refractivity contribution >= 4 is 5.97 Å². The maximum atomic E-state index is 12.9. The van der Waals surface area contributed by atoms with E-state index in [2.05, 4.69) is 29.2 Å². The van der Waals surface area contributed by atoms with Gasteiger partial charge in [-0.25, -0.2) is 0 Å². The van der Waals surface area contributed by atoms with Gasteiger partial charge in [-0.05, 0) is 24.0 Å². The van der Waals surface area contributed by atoms with Crippen LogP contribution in [0.1, 0.15) is 30.4 Å². The molecule has 0 spiro atoms. The van der Waals surface area contributed by atoms with E-state index in [0.29, 0.717) is 13.2 Å². The van der Waals surface area contributed by atoms with Crippen LogP contribution in [-0.4, -0.2) is 43.3 Å². The predicted molar refractivity (Wildman–Crippen MR) is 104 cm³/mol. The van der Waals surface area contributed by atoms with Crippen molar-refractivity contribution in [1.29, 1.82) is 0 Å². The predicted octanol–water partition coefficient (Wildman–Crippen LogP) is 3.55. The summed E-state index contributed by atoms with van der Waals surface area (Å²) in [5, 5.41) is 0. The smallest absolute Gasteiger partial charge is 0.316 e. The molecule has 4 heteroatoms. The molecule has 1 unspecified atom stereocenters. The van der Waals surface area contributed by atoms with E-state index in [1.165, 1.54) is 5.56 Å². The van der Waals surface area contributed by atoms with Crippen molar-refractivity contribution in [1.82, 2.24) is 4.90 Å². The molecule has 0 amide bonds. The number of ether oxygens (including phenoxy) is 2. The molecule has 4 nitrogen and oxygen atoms in total. The van der Waals surface area contributed by atoms with E-state index >= 15 is 0 Å². The summed E-state index contributed by atoms with van der Waals surface area (Å²) in [6, 6.07) is 20.5. The van der Waals surface area contributed by atoms with Gasteiger partial charge in [0, 0.05) is 19.6 Å². The highest BCUT2D eigenvalue weighted by Crippen LogP contribution is 2.44. The summed E-state index contributed by atoms with van der Waals surface area (Å²) in [4.78, 5) is 15.2. The standard InChI is InChI=1S/C23H27NO3/c25-22(23(12-7-13-23)20-10-5-2-6-11-20)27-18-21-17-24(14-15-26-21)16-19-8-3-1-4-9-19/h1-6,8-11,21H,7,12-18H2. The number of nitrogens with zero attached hydrogens (tertiary/aromatic N) is 1. The maximum Gasteiger partial charge on any atom is 0.316 e. The quantitative estimate of drug-likeness (QED) is 0.734. The van der Waals surface area contributed by atoms with Crippen LogP contribution in [0.15, 0.2) is 60.7 Å². The summed E-state index contributed by atoms with van der Waals surface area (Å²) in [5.74, 6) is -0.0938. The van der Waals surface area contributed by atoms with E-state index in [1.54, 1.807) is 0 Å². The summed E-state index contributed by atoms with van der Waals surface area (Å²) in [5.41, 5.74) is 1.93. The van der Waals surface area contributed by atoms with E-state index in [-0.39, 0.29) is 12.1 Å². The van der Waals surface area contributed by atoms with Gasteiger partial charge in [-0.1, -0.05) is 67.1 Å². The zero-order chi connectivity index (χ0) is 18.5. The molecule has 0 N–H and O–H groups in total. The van der Waals surface area contributed by atoms with E-state index in [1.807, 2.05) is 36.4 Å². The molecule has 2 fully saturated rings. The minimum atomic E-state index is -0.445. The van der Waals surface area contributed by atoms with Gasteiger partial charge in [0.25, 0.3) is 0 Å². The van der Waals surface area contributed by atoms with Crippen molar-refractivity contribution in [2.45, 2.75) is 37.3 Å². The molecular weight excluding hydrogens is 338 g/mol. The summed E-state index contributed by atoms with van der Waals surface area (Å²) in [6.07, 6.45) is 2.77. The van der Waals surface area contributed by atoms with Gasteiger partial charge in [-0.2, -0.15) is 0 Å². The third-order valence-electron chi connectivity index (χ3n) is 5.80. The minimum absolute atomic E-state index is 0.0562. The van der Waals surface area contributed by atoms with Crippen LogP contribution in [-0.2, 0) is 26.2 Å². The number of carbonyl (C=O) groups excluding carboxylic acids is 1. The van der Waals surface area contributed by atoms with Crippen LogP contribution in [0.4, 0.5) is 0 Å². The van der Waals surface area contributed by atoms with Gasteiger partial charge in [-0.3, -0.25) is 9.69 Å². The molecule has 1 saturated carbocycles. The molecule has 2 aromatic rings. The number of benzene rings is 2. The average molecular weight is 365 g/mol. The Hall–Kier alpha value is -2.17. The molecule has 142 valence electrons. The molecule has 0 aromatic heterocycles. The lowest BCUT2D eigenvalue weighted by molar-refractivity contribution is -0.161. The first kappa shape index (κ1) is 18.2. The fourth-order valence-electron chi connectivity index (χ4n) is 4.07. The number of morpholine rings is 1. The van der Waals surface area contributed by atoms with E-state index in [0.717, 1.165) is 44.5 Å². The third kappa shape index (κ3) is 4.07. The largest absolute Gasteiger partial charge is 0.462 e. The molecule has 1 aliphatic heterocycles. The second kappa shape index (κ2) is 8.24. The lowest BCUT2D eigenvalue weighted by Gasteiger charge is -2.40. The summed E-state index contributed by atoms with van der Waals surface area (Å²) in [6.45, 7) is 3.62. The van der Waals surface area contributed by atoms with E-state index in [9.17, 15) is 4.79 Å². The Kier molecular flexibility index (Phi) is 5.55. The Morgan fingerprint density at radius 2 is 1.78 bits per heavy atom. The first-order chi connectivity index (χ1) is 13.3. The van der Waals surface area contributed by atoms with Crippen LogP contribution < -0.4 is 0 Å². The third-order valence-corrected chi connectivity index (χ3v) is 5.80. The van der Waals surface area contributed by atoms with Gasteiger partial charge in [0.15, 0.2) is 0 Å². The molecule has 1 saturated heterocycles. The second-order valence-corrected chi connectivity index (χ2v) is 7.61. The van der Waals surface area contributed by atoms with Gasteiger partial charge in [0.2, 0.25) is 0 Å². The van der Waals surface area contributed by atoms with Crippen molar-refractivity contribution in [3.63, 3.8) is 0 Å². The number of hydrogen-bond acceptors (Lipinski definition) is 4. The molecule has 1 heterocycles. The Balaban J connectivity index is 1.32. The van der Waals surface area contributed by atoms with Crippen LogP contribution in [0.25, 0.3) is 0 Å². The molecule has 0 radical (unpaired) electrons. The van der Waals surface area contributed by atoms with Crippen LogP contribution in [0.2, 0.25) is 0 Å². The van der Waals surface area contributed by atoms with E-state index in [4.69, 9.17) is 9.47 Å². The van der Waals surface area contributed by atoms with Gasteiger partial charge in [0.1, 0.15) is 12.7 Å². The number of hydrogen-bond donors (Lipinski definition) is 0.